The number of halogens is 1. The highest BCUT2D eigenvalue weighted by Crippen LogP contribution is 2.12. The third-order valence-corrected chi connectivity index (χ3v) is 5.86. The van der Waals surface area contributed by atoms with Gasteiger partial charge in [0.15, 0.2) is 9.84 Å². The lowest BCUT2D eigenvalue weighted by Gasteiger charge is -2.11. The number of nitrogens with zero attached hydrogens (tertiary/aromatic N) is 2. The second-order valence-electron chi connectivity index (χ2n) is 6.11. The molecule has 1 aromatic carbocycles. The average molecular weight is 378 g/mol. The van der Waals surface area contributed by atoms with Crippen LogP contribution in [0.25, 0.3) is 0 Å². The van der Waals surface area contributed by atoms with E-state index in [1.165, 1.54) is 18.3 Å². The summed E-state index contributed by atoms with van der Waals surface area (Å²) in [4.78, 5) is 20.4. The molecule has 0 spiro atoms. The zero-order valence-corrected chi connectivity index (χ0v) is 14.8. The Hall–Kier alpha value is -2.55. The Bertz CT molecular complexity index is 904. The number of sulfone groups is 1. The quantitative estimate of drug-likeness (QED) is 0.783. The molecule has 1 amide bonds. The molecule has 1 atom stereocenters. The van der Waals surface area contributed by atoms with Gasteiger partial charge in [-0.1, -0.05) is 18.2 Å². The zero-order valence-electron chi connectivity index (χ0n) is 14.0. The molecule has 3 rings (SSSR count). The molecule has 7 nitrogen and oxygen atoms in total. The van der Waals surface area contributed by atoms with Crippen molar-refractivity contribution in [2.24, 2.45) is 0 Å². The lowest BCUT2D eigenvalue weighted by atomic mass is 10.1. The van der Waals surface area contributed by atoms with E-state index in [4.69, 9.17) is 0 Å². The molecule has 0 radical (unpaired) electrons. The second kappa shape index (κ2) is 7.77. The van der Waals surface area contributed by atoms with E-state index >= 15 is 0 Å². The molecular formula is C17H19FN4O3S. The summed E-state index contributed by atoms with van der Waals surface area (Å²) in [6, 6.07) is 7.58. The van der Waals surface area contributed by atoms with Crippen molar-refractivity contribution in [2.75, 3.05) is 23.4 Å². The van der Waals surface area contributed by atoms with Crippen molar-refractivity contribution in [2.45, 2.75) is 18.9 Å². The van der Waals surface area contributed by atoms with Gasteiger partial charge in [0.05, 0.1) is 11.5 Å². The number of anilines is 1. The van der Waals surface area contributed by atoms with E-state index < -0.39 is 15.7 Å². The van der Waals surface area contributed by atoms with Crippen molar-refractivity contribution in [3.63, 3.8) is 0 Å². The van der Waals surface area contributed by atoms with Gasteiger partial charge in [-0.15, -0.1) is 0 Å². The number of hydrogen-bond donors (Lipinski definition) is 2. The van der Waals surface area contributed by atoms with Crippen LogP contribution in [0.15, 0.2) is 36.5 Å². The largest absolute Gasteiger partial charge is 0.354 e. The van der Waals surface area contributed by atoms with E-state index in [1.54, 1.807) is 18.2 Å². The number of amides is 1. The van der Waals surface area contributed by atoms with Crippen LogP contribution in [0.3, 0.4) is 0 Å². The van der Waals surface area contributed by atoms with Crippen LogP contribution in [0.5, 0.6) is 0 Å². The highest BCUT2D eigenvalue weighted by molar-refractivity contribution is 7.91. The van der Waals surface area contributed by atoms with Crippen molar-refractivity contribution < 1.29 is 17.6 Å². The topological polar surface area (TPSA) is 101 Å². The molecule has 9 heteroatoms. The molecule has 1 fully saturated rings. The van der Waals surface area contributed by atoms with Crippen molar-refractivity contribution in [1.29, 1.82) is 0 Å². The second-order valence-corrected chi connectivity index (χ2v) is 8.34. The molecule has 1 aliphatic rings. The highest BCUT2D eigenvalue weighted by Gasteiger charge is 2.29. The van der Waals surface area contributed by atoms with E-state index in [2.05, 4.69) is 20.6 Å². The Kier molecular flexibility index (Phi) is 5.46. The first-order valence-electron chi connectivity index (χ1n) is 8.24. The molecular weight excluding hydrogens is 359 g/mol. The first-order valence-corrected chi connectivity index (χ1v) is 10.1. The standard InChI is InChI=1S/C17H19FN4O3S/c18-14-4-2-1-3-12(14)5-8-19-17-20-9-6-15(22-17)16(23)21-13-7-10-26(24,25)11-13/h1-4,6,9,13H,5,7-8,10-11H2,(H,21,23)(H,19,20,22). The smallest absolute Gasteiger partial charge is 0.270 e. The van der Waals surface area contributed by atoms with Crippen LogP contribution in [0.4, 0.5) is 10.3 Å². The van der Waals surface area contributed by atoms with Crippen molar-refractivity contribution in [1.82, 2.24) is 15.3 Å². The van der Waals surface area contributed by atoms with Crippen LogP contribution in [0.2, 0.25) is 0 Å². The molecule has 0 saturated carbocycles. The molecule has 138 valence electrons. The molecule has 0 bridgehead atoms. The SMILES string of the molecule is O=C(NC1CCS(=O)(=O)C1)c1ccnc(NCCc2ccccc2F)n1. The third-order valence-electron chi connectivity index (χ3n) is 4.09. The maximum atomic E-state index is 13.6. The van der Waals surface area contributed by atoms with Crippen LogP contribution in [0, 0.1) is 5.82 Å². The maximum absolute atomic E-state index is 13.6. The number of nitrogens with one attached hydrogen (secondary N) is 2. The fourth-order valence-electron chi connectivity index (χ4n) is 2.75. The number of carbonyl (C=O) groups excluding carboxylic acids is 1. The van der Waals surface area contributed by atoms with E-state index in [0.29, 0.717) is 24.9 Å². The first kappa shape index (κ1) is 18.2. The van der Waals surface area contributed by atoms with Gasteiger partial charge in [0, 0.05) is 18.8 Å². The van der Waals surface area contributed by atoms with Gasteiger partial charge >= 0.3 is 0 Å². The summed E-state index contributed by atoms with van der Waals surface area (Å²) < 4.78 is 36.5. The Morgan fingerprint density at radius 2 is 2.08 bits per heavy atom. The number of rotatable bonds is 6. The van der Waals surface area contributed by atoms with E-state index in [1.807, 2.05) is 0 Å². The average Bonchev–Trinajstić information content (AvgIpc) is 2.95. The molecule has 26 heavy (non-hydrogen) atoms. The molecule has 2 N–H and O–H groups in total. The molecule has 1 saturated heterocycles. The van der Waals surface area contributed by atoms with Gasteiger partial charge in [0.2, 0.25) is 5.95 Å². The van der Waals surface area contributed by atoms with Crippen molar-refractivity contribution in [3.05, 3.63) is 53.6 Å². The van der Waals surface area contributed by atoms with Crippen molar-refractivity contribution >= 4 is 21.7 Å². The van der Waals surface area contributed by atoms with E-state index in [-0.39, 0.29) is 35.0 Å². The Morgan fingerprint density at radius 3 is 2.81 bits per heavy atom. The van der Waals surface area contributed by atoms with Crippen LogP contribution in [0.1, 0.15) is 22.5 Å². The van der Waals surface area contributed by atoms with Crippen molar-refractivity contribution in [3.8, 4) is 0 Å². The molecule has 1 aliphatic heterocycles. The molecule has 1 aromatic heterocycles. The Morgan fingerprint density at radius 1 is 1.27 bits per heavy atom. The molecule has 2 heterocycles. The highest BCUT2D eigenvalue weighted by atomic mass is 32.2. The monoisotopic (exact) mass is 378 g/mol. The lowest BCUT2D eigenvalue weighted by Crippen LogP contribution is -2.36. The first-order chi connectivity index (χ1) is 12.4. The van der Waals surface area contributed by atoms with Crippen LogP contribution in [-0.4, -0.2) is 48.4 Å². The minimum atomic E-state index is -3.06. The lowest BCUT2D eigenvalue weighted by molar-refractivity contribution is 0.0936. The number of benzene rings is 1. The van der Waals surface area contributed by atoms with Gasteiger partial charge in [-0.3, -0.25) is 4.79 Å². The van der Waals surface area contributed by atoms with E-state index in [0.717, 1.165) is 0 Å². The molecule has 2 aromatic rings. The van der Waals surface area contributed by atoms with Crippen LogP contribution >= 0.6 is 0 Å². The Balaban J connectivity index is 1.56. The summed E-state index contributed by atoms with van der Waals surface area (Å²) in [5.74, 6) is -0.406. The van der Waals surface area contributed by atoms with Gasteiger partial charge in [0.1, 0.15) is 11.5 Å². The molecule has 0 aliphatic carbocycles. The normalized spacial score (nSPS) is 18.4. The van der Waals surface area contributed by atoms with Crippen LogP contribution in [-0.2, 0) is 16.3 Å². The summed E-state index contributed by atoms with van der Waals surface area (Å²) in [7, 11) is -3.06. The van der Waals surface area contributed by atoms with Gasteiger partial charge in [-0.25, -0.2) is 22.8 Å². The predicted molar refractivity (Wildman–Crippen MR) is 95.2 cm³/mol. The van der Waals surface area contributed by atoms with E-state index in [9.17, 15) is 17.6 Å². The van der Waals surface area contributed by atoms with Gasteiger partial charge in [0.25, 0.3) is 5.91 Å². The zero-order chi connectivity index (χ0) is 18.6. The van der Waals surface area contributed by atoms with Gasteiger partial charge in [-0.2, -0.15) is 0 Å². The fourth-order valence-corrected chi connectivity index (χ4v) is 4.42. The summed E-state index contributed by atoms with van der Waals surface area (Å²) in [5, 5.41) is 5.64. The van der Waals surface area contributed by atoms with Gasteiger partial charge in [-0.05, 0) is 30.5 Å². The third kappa shape index (κ3) is 4.75. The minimum absolute atomic E-state index is 0.0441. The van der Waals surface area contributed by atoms with Crippen LogP contribution < -0.4 is 10.6 Å². The Labute approximate surface area is 151 Å². The number of carbonyl (C=O) groups is 1. The summed E-state index contributed by atoms with van der Waals surface area (Å²) in [6.45, 7) is 0.410. The fraction of sp³-hybridized carbons (Fsp3) is 0.353. The summed E-state index contributed by atoms with van der Waals surface area (Å²) >= 11 is 0. The summed E-state index contributed by atoms with van der Waals surface area (Å²) in [5.41, 5.74) is 0.731. The number of aromatic nitrogens is 2. The maximum Gasteiger partial charge on any atom is 0.270 e. The molecule has 1 unspecified atom stereocenters. The summed E-state index contributed by atoms with van der Waals surface area (Å²) in [6.07, 6.45) is 2.30. The minimum Gasteiger partial charge on any atom is -0.354 e. The van der Waals surface area contributed by atoms with Gasteiger partial charge < -0.3 is 10.6 Å². The predicted octanol–water partition coefficient (Wildman–Crippen LogP) is 1.19. The number of hydrogen-bond acceptors (Lipinski definition) is 6.